The van der Waals surface area contributed by atoms with Crippen LogP contribution < -0.4 is 0 Å². The molecule has 1 fully saturated rings. The third kappa shape index (κ3) is 2.66. The molecule has 0 spiro atoms. The number of aliphatic carboxylic acids is 1. The summed E-state index contributed by atoms with van der Waals surface area (Å²) in [7, 11) is 0. The lowest BCUT2D eigenvalue weighted by molar-refractivity contribution is -0.143. The molecular formula is C15H19N3O2. The summed E-state index contributed by atoms with van der Waals surface area (Å²) in [4.78, 5) is 15.4. The van der Waals surface area contributed by atoms with Crippen LogP contribution in [0.1, 0.15) is 36.9 Å². The second kappa shape index (κ2) is 5.23. The average molecular weight is 273 g/mol. The van der Waals surface area contributed by atoms with Crippen LogP contribution in [-0.2, 0) is 11.2 Å². The van der Waals surface area contributed by atoms with Crippen molar-refractivity contribution < 1.29 is 9.90 Å². The maximum Gasteiger partial charge on any atom is 0.306 e. The molecule has 3 rings (SSSR count). The van der Waals surface area contributed by atoms with Crippen LogP contribution in [0.25, 0.3) is 5.65 Å². The van der Waals surface area contributed by atoms with Gasteiger partial charge in [-0.25, -0.2) is 9.50 Å². The number of imidazole rings is 1. The number of nitrogens with zero attached hydrogens (tertiary/aromatic N) is 3. The number of hydrogen-bond donors (Lipinski definition) is 1. The van der Waals surface area contributed by atoms with Crippen molar-refractivity contribution in [2.75, 3.05) is 0 Å². The zero-order chi connectivity index (χ0) is 14.1. The Labute approximate surface area is 117 Å². The van der Waals surface area contributed by atoms with Crippen LogP contribution in [0.2, 0.25) is 0 Å². The van der Waals surface area contributed by atoms with Gasteiger partial charge in [0.1, 0.15) is 0 Å². The summed E-state index contributed by atoms with van der Waals surface area (Å²) in [6.45, 7) is 1.96. The summed E-state index contributed by atoms with van der Waals surface area (Å²) in [6, 6.07) is 2.09. The van der Waals surface area contributed by atoms with E-state index in [0.29, 0.717) is 5.92 Å². The van der Waals surface area contributed by atoms with Gasteiger partial charge in [-0.15, -0.1) is 0 Å². The first kappa shape index (κ1) is 13.1. The highest BCUT2D eigenvalue weighted by atomic mass is 16.4. The standard InChI is InChI=1S/C15H19N3O2/c1-10-9-18-14(17-10)7-12(8-16-18)6-11-2-4-13(5-3-11)15(19)20/h7-9,11,13H,2-6H2,1H3,(H,19,20). The van der Waals surface area contributed by atoms with Crippen molar-refractivity contribution in [1.29, 1.82) is 0 Å². The molecule has 0 atom stereocenters. The van der Waals surface area contributed by atoms with Crippen LogP contribution in [-0.4, -0.2) is 25.7 Å². The molecular weight excluding hydrogens is 254 g/mol. The maximum absolute atomic E-state index is 10.9. The number of carbonyl (C=O) groups is 1. The van der Waals surface area contributed by atoms with Crippen LogP contribution in [0.5, 0.6) is 0 Å². The first-order valence-corrected chi connectivity index (χ1v) is 7.15. The van der Waals surface area contributed by atoms with Crippen molar-refractivity contribution in [2.24, 2.45) is 11.8 Å². The zero-order valence-electron chi connectivity index (χ0n) is 11.6. The van der Waals surface area contributed by atoms with Gasteiger partial charge in [0, 0.05) is 0 Å². The number of carboxylic acids is 1. The molecule has 0 saturated heterocycles. The van der Waals surface area contributed by atoms with Crippen LogP contribution >= 0.6 is 0 Å². The molecule has 0 amide bonds. The third-order valence-electron chi connectivity index (χ3n) is 4.22. The third-order valence-corrected chi connectivity index (χ3v) is 4.22. The molecule has 0 aromatic carbocycles. The van der Waals surface area contributed by atoms with Gasteiger partial charge < -0.3 is 5.11 Å². The predicted octanol–water partition coefficient (Wildman–Crippen LogP) is 2.47. The Morgan fingerprint density at radius 1 is 1.40 bits per heavy atom. The van der Waals surface area contributed by atoms with Gasteiger partial charge in [0.2, 0.25) is 0 Å². The van der Waals surface area contributed by atoms with Crippen molar-refractivity contribution >= 4 is 11.6 Å². The zero-order valence-corrected chi connectivity index (χ0v) is 11.6. The second-order valence-corrected chi connectivity index (χ2v) is 5.81. The Kier molecular flexibility index (Phi) is 3.42. The van der Waals surface area contributed by atoms with Crippen LogP contribution in [0.3, 0.4) is 0 Å². The number of carboxylic acid groups (broad SMARTS) is 1. The van der Waals surface area contributed by atoms with Gasteiger partial charge in [0.05, 0.1) is 24.0 Å². The molecule has 2 aromatic heterocycles. The molecule has 0 aliphatic heterocycles. The van der Waals surface area contributed by atoms with Gasteiger partial charge in [0.15, 0.2) is 5.65 Å². The van der Waals surface area contributed by atoms with E-state index in [1.54, 1.807) is 4.52 Å². The normalized spacial score (nSPS) is 23.1. The fourth-order valence-corrected chi connectivity index (χ4v) is 3.09. The monoisotopic (exact) mass is 273 g/mol. The van der Waals surface area contributed by atoms with E-state index >= 15 is 0 Å². The molecule has 106 valence electrons. The molecule has 1 aliphatic carbocycles. The van der Waals surface area contributed by atoms with E-state index in [9.17, 15) is 4.79 Å². The second-order valence-electron chi connectivity index (χ2n) is 5.81. The molecule has 20 heavy (non-hydrogen) atoms. The molecule has 1 N–H and O–H groups in total. The molecule has 2 aromatic rings. The first-order valence-electron chi connectivity index (χ1n) is 7.15. The van der Waals surface area contributed by atoms with Crippen LogP contribution in [0, 0.1) is 18.8 Å². The van der Waals surface area contributed by atoms with Crippen molar-refractivity contribution in [3.8, 4) is 0 Å². The Bertz CT molecular complexity index is 627. The molecule has 5 heteroatoms. The lowest BCUT2D eigenvalue weighted by Gasteiger charge is -2.25. The van der Waals surface area contributed by atoms with Gasteiger partial charge >= 0.3 is 5.97 Å². The Balaban J connectivity index is 1.66. The fraction of sp³-hybridized carbons (Fsp3) is 0.533. The Morgan fingerprint density at radius 3 is 2.85 bits per heavy atom. The molecule has 1 saturated carbocycles. The van der Waals surface area contributed by atoms with E-state index in [1.165, 1.54) is 5.56 Å². The summed E-state index contributed by atoms with van der Waals surface area (Å²) >= 11 is 0. The highest BCUT2D eigenvalue weighted by molar-refractivity contribution is 5.70. The molecule has 0 bridgehead atoms. The van der Waals surface area contributed by atoms with Crippen LogP contribution in [0.4, 0.5) is 0 Å². The molecule has 0 radical (unpaired) electrons. The van der Waals surface area contributed by atoms with Gasteiger partial charge in [-0.05, 0) is 56.6 Å². The van der Waals surface area contributed by atoms with Crippen molar-refractivity contribution in [3.63, 3.8) is 0 Å². The number of aromatic nitrogens is 3. The fourth-order valence-electron chi connectivity index (χ4n) is 3.09. The topological polar surface area (TPSA) is 67.5 Å². The summed E-state index contributed by atoms with van der Waals surface area (Å²) in [5.74, 6) is -0.202. The van der Waals surface area contributed by atoms with E-state index in [1.807, 2.05) is 19.3 Å². The maximum atomic E-state index is 10.9. The van der Waals surface area contributed by atoms with Gasteiger partial charge in [-0.2, -0.15) is 5.10 Å². The molecule has 5 nitrogen and oxygen atoms in total. The SMILES string of the molecule is Cc1cn2ncc(CC3CCC(C(=O)O)CC3)cc2n1. The minimum Gasteiger partial charge on any atom is -0.481 e. The smallest absolute Gasteiger partial charge is 0.306 e. The number of aryl methyl sites for hydroxylation is 1. The molecule has 2 heterocycles. The Morgan fingerprint density at radius 2 is 2.15 bits per heavy atom. The summed E-state index contributed by atoms with van der Waals surface area (Å²) in [6.07, 6.45) is 8.39. The van der Waals surface area contributed by atoms with Gasteiger partial charge in [-0.3, -0.25) is 4.79 Å². The van der Waals surface area contributed by atoms with E-state index in [4.69, 9.17) is 5.11 Å². The van der Waals surface area contributed by atoms with E-state index in [-0.39, 0.29) is 5.92 Å². The highest BCUT2D eigenvalue weighted by Crippen LogP contribution is 2.31. The summed E-state index contributed by atoms with van der Waals surface area (Å²) in [5, 5.41) is 13.4. The van der Waals surface area contributed by atoms with E-state index in [0.717, 1.165) is 43.4 Å². The minimum atomic E-state index is -0.639. The highest BCUT2D eigenvalue weighted by Gasteiger charge is 2.25. The molecule has 1 aliphatic rings. The van der Waals surface area contributed by atoms with Gasteiger partial charge in [-0.1, -0.05) is 0 Å². The van der Waals surface area contributed by atoms with Crippen molar-refractivity contribution in [1.82, 2.24) is 14.6 Å². The van der Waals surface area contributed by atoms with Crippen LogP contribution in [0.15, 0.2) is 18.5 Å². The quantitative estimate of drug-likeness (QED) is 0.932. The van der Waals surface area contributed by atoms with Gasteiger partial charge in [0.25, 0.3) is 0 Å². The Hall–Kier alpha value is -1.91. The number of hydrogen-bond acceptors (Lipinski definition) is 3. The predicted molar refractivity (Wildman–Crippen MR) is 74.5 cm³/mol. The van der Waals surface area contributed by atoms with E-state index in [2.05, 4.69) is 16.1 Å². The largest absolute Gasteiger partial charge is 0.481 e. The summed E-state index contributed by atoms with van der Waals surface area (Å²) < 4.78 is 1.79. The lowest BCUT2D eigenvalue weighted by Crippen LogP contribution is -2.22. The number of rotatable bonds is 3. The summed E-state index contributed by atoms with van der Waals surface area (Å²) in [5.41, 5.74) is 3.05. The average Bonchev–Trinajstić information content (AvgIpc) is 2.78. The molecule has 0 unspecified atom stereocenters. The van der Waals surface area contributed by atoms with E-state index < -0.39 is 5.97 Å². The van der Waals surface area contributed by atoms with Crippen molar-refractivity contribution in [3.05, 3.63) is 29.7 Å². The first-order chi connectivity index (χ1) is 9.61. The van der Waals surface area contributed by atoms with Crippen molar-refractivity contribution in [2.45, 2.75) is 39.0 Å². The number of fused-ring (bicyclic) bond motifs is 1. The minimum absolute atomic E-state index is 0.137. The lowest BCUT2D eigenvalue weighted by atomic mass is 9.79.